The summed E-state index contributed by atoms with van der Waals surface area (Å²) in [4.78, 5) is 34.9. The summed E-state index contributed by atoms with van der Waals surface area (Å²) in [5.41, 5.74) is 0.673. The molecule has 0 unspecified atom stereocenters. The summed E-state index contributed by atoms with van der Waals surface area (Å²) in [6.45, 7) is 4.91. The van der Waals surface area contributed by atoms with Crippen LogP contribution < -0.4 is 10.6 Å². The zero-order valence-electron chi connectivity index (χ0n) is 11.6. The van der Waals surface area contributed by atoms with Crippen LogP contribution in [0.25, 0.3) is 0 Å². The van der Waals surface area contributed by atoms with Crippen LogP contribution in [0.3, 0.4) is 0 Å². The lowest BCUT2D eigenvalue weighted by molar-refractivity contribution is -0.142. The number of hydrogen-bond acceptors (Lipinski definition) is 5. The number of aryl methyl sites for hydroxylation is 1. The first-order valence-electron chi connectivity index (χ1n) is 5.76. The number of rotatable bonds is 4. The van der Waals surface area contributed by atoms with Crippen LogP contribution in [0.5, 0.6) is 0 Å². The highest BCUT2D eigenvalue weighted by molar-refractivity contribution is 7.16. The third-order valence-corrected chi connectivity index (χ3v) is 3.85. The van der Waals surface area contributed by atoms with Gasteiger partial charge in [-0.2, -0.15) is 0 Å². The topological polar surface area (TPSA) is 105 Å². The molecule has 0 saturated carbocycles. The summed E-state index contributed by atoms with van der Waals surface area (Å²) >= 11 is 1.17. The fraction of sp³-hybridized carbons (Fsp3) is 0.417. The van der Waals surface area contributed by atoms with Crippen LogP contribution in [0.2, 0.25) is 0 Å². The van der Waals surface area contributed by atoms with Gasteiger partial charge in [0.05, 0.1) is 12.7 Å². The minimum Gasteiger partial charge on any atom is -0.478 e. The summed E-state index contributed by atoms with van der Waals surface area (Å²) in [7, 11) is 1.22. The van der Waals surface area contributed by atoms with Gasteiger partial charge in [-0.05, 0) is 26.3 Å². The maximum atomic E-state index is 11.7. The molecule has 8 heteroatoms. The average molecular weight is 300 g/mol. The van der Waals surface area contributed by atoms with Gasteiger partial charge in [-0.15, -0.1) is 11.3 Å². The van der Waals surface area contributed by atoms with Gasteiger partial charge in [0.1, 0.15) is 11.0 Å². The van der Waals surface area contributed by atoms with Crippen LogP contribution in [0, 0.1) is 13.8 Å². The quantitative estimate of drug-likeness (QED) is 0.735. The molecule has 1 aromatic heterocycles. The molecule has 0 saturated heterocycles. The Hall–Kier alpha value is -2.09. The zero-order chi connectivity index (χ0) is 15.4. The molecule has 0 radical (unpaired) electrons. The van der Waals surface area contributed by atoms with Crippen molar-refractivity contribution in [2.75, 3.05) is 12.4 Å². The number of methoxy groups -OCH3 is 1. The molecule has 1 heterocycles. The van der Waals surface area contributed by atoms with Crippen molar-refractivity contribution in [2.45, 2.75) is 26.8 Å². The van der Waals surface area contributed by atoms with E-state index in [1.165, 1.54) is 25.4 Å². The normalized spacial score (nSPS) is 11.6. The Balaban J connectivity index is 2.84. The molecule has 0 spiro atoms. The number of anilines is 1. The van der Waals surface area contributed by atoms with Crippen molar-refractivity contribution in [3.8, 4) is 0 Å². The molecule has 0 aliphatic heterocycles. The van der Waals surface area contributed by atoms with Gasteiger partial charge in [0.2, 0.25) is 0 Å². The van der Waals surface area contributed by atoms with Crippen molar-refractivity contribution < 1.29 is 24.2 Å². The highest BCUT2D eigenvalue weighted by Gasteiger charge is 2.22. The highest BCUT2D eigenvalue weighted by atomic mass is 32.1. The van der Waals surface area contributed by atoms with Gasteiger partial charge in [-0.25, -0.2) is 14.4 Å². The maximum absolute atomic E-state index is 11.7. The summed E-state index contributed by atoms with van der Waals surface area (Å²) in [6, 6.07) is -1.48. The van der Waals surface area contributed by atoms with Gasteiger partial charge in [0.15, 0.2) is 0 Å². The van der Waals surface area contributed by atoms with Crippen LogP contribution >= 0.6 is 11.3 Å². The predicted molar refractivity (Wildman–Crippen MR) is 74.4 cm³/mol. The summed E-state index contributed by atoms with van der Waals surface area (Å²) < 4.78 is 4.48. The third kappa shape index (κ3) is 3.47. The first kappa shape index (κ1) is 16.0. The average Bonchev–Trinajstić information content (AvgIpc) is 2.63. The van der Waals surface area contributed by atoms with E-state index in [1.807, 2.05) is 0 Å². The number of hydrogen-bond donors (Lipinski definition) is 3. The van der Waals surface area contributed by atoms with Crippen LogP contribution in [0.1, 0.15) is 27.7 Å². The van der Waals surface area contributed by atoms with Crippen LogP contribution in [-0.4, -0.2) is 36.2 Å². The molecule has 0 aliphatic rings. The van der Waals surface area contributed by atoms with E-state index in [-0.39, 0.29) is 10.6 Å². The Morgan fingerprint density at radius 3 is 2.40 bits per heavy atom. The molecule has 110 valence electrons. The second-order valence-electron chi connectivity index (χ2n) is 4.14. The molecule has 0 bridgehead atoms. The zero-order valence-corrected chi connectivity index (χ0v) is 12.4. The molecular formula is C12H16N2O5S. The van der Waals surface area contributed by atoms with Gasteiger partial charge in [0.25, 0.3) is 0 Å². The van der Waals surface area contributed by atoms with E-state index >= 15 is 0 Å². The number of ether oxygens (including phenoxy) is 1. The Morgan fingerprint density at radius 1 is 1.30 bits per heavy atom. The number of nitrogens with one attached hydrogen (secondary N) is 2. The largest absolute Gasteiger partial charge is 0.478 e. The second-order valence-corrected chi connectivity index (χ2v) is 5.36. The number of carbonyl (C=O) groups is 3. The minimum absolute atomic E-state index is 0.0633. The van der Waals surface area contributed by atoms with Crippen molar-refractivity contribution in [1.29, 1.82) is 0 Å². The number of esters is 1. The summed E-state index contributed by atoms with van der Waals surface area (Å²) in [6.07, 6.45) is 0. The molecule has 0 aliphatic carbocycles. The number of carbonyl (C=O) groups excluding carboxylic acids is 2. The van der Waals surface area contributed by atoms with Crippen molar-refractivity contribution in [2.24, 2.45) is 0 Å². The van der Waals surface area contributed by atoms with Crippen LogP contribution in [0.4, 0.5) is 9.80 Å². The van der Waals surface area contributed by atoms with Crippen LogP contribution in [0.15, 0.2) is 0 Å². The van der Waals surface area contributed by atoms with Gasteiger partial charge >= 0.3 is 18.0 Å². The Kier molecular flexibility index (Phi) is 5.09. The molecule has 1 aromatic rings. The van der Waals surface area contributed by atoms with Gasteiger partial charge in [-0.3, -0.25) is 5.32 Å². The summed E-state index contributed by atoms with van der Waals surface area (Å²) in [5.74, 6) is -1.69. The molecule has 1 rings (SSSR count). The predicted octanol–water partition coefficient (Wildman–Crippen LogP) is 1.75. The monoisotopic (exact) mass is 300 g/mol. The van der Waals surface area contributed by atoms with Crippen molar-refractivity contribution in [1.82, 2.24) is 5.32 Å². The van der Waals surface area contributed by atoms with E-state index in [9.17, 15) is 14.4 Å². The van der Waals surface area contributed by atoms with E-state index < -0.39 is 24.0 Å². The number of carboxylic acid groups (broad SMARTS) is 1. The first-order chi connectivity index (χ1) is 9.27. The van der Waals surface area contributed by atoms with E-state index in [0.29, 0.717) is 5.56 Å². The maximum Gasteiger partial charge on any atom is 0.338 e. The smallest absolute Gasteiger partial charge is 0.338 e. The standard InChI is InChI=1S/C12H16N2O5S/c1-5-7(3)20-9(8(5)10(15)16)14-12(18)13-6(2)11(17)19-4/h6H,1-4H3,(H,15,16)(H2,13,14,18)/t6-/m0/s1. The lowest BCUT2D eigenvalue weighted by Gasteiger charge is -2.12. The Morgan fingerprint density at radius 2 is 1.90 bits per heavy atom. The van der Waals surface area contributed by atoms with Crippen molar-refractivity contribution in [3.63, 3.8) is 0 Å². The number of thiophene rings is 1. The lowest BCUT2D eigenvalue weighted by Crippen LogP contribution is -2.41. The molecule has 7 nitrogen and oxygen atoms in total. The van der Waals surface area contributed by atoms with Gasteiger partial charge in [-0.1, -0.05) is 0 Å². The van der Waals surface area contributed by atoms with Crippen molar-refractivity contribution >= 4 is 34.3 Å². The molecule has 1 atom stereocenters. The van der Waals surface area contributed by atoms with Crippen LogP contribution in [-0.2, 0) is 9.53 Å². The molecular weight excluding hydrogens is 284 g/mol. The molecule has 20 heavy (non-hydrogen) atoms. The molecule has 2 amide bonds. The SMILES string of the molecule is COC(=O)[C@H](C)NC(=O)Nc1sc(C)c(C)c1C(=O)O. The minimum atomic E-state index is -1.11. The number of amides is 2. The fourth-order valence-electron chi connectivity index (χ4n) is 1.54. The summed E-state index contributed by atoms with van der Waals surface area (Å²) in [5, 5.41) is 14.2. The molecule has 0 aromatic carbocycles. The highest BCUT2D eigenvalue weighted by Crippen LogP contribution is 2.32. The Bertz CT molecular complexity index is 552. The van der Waals surface area contributed by atoms with Gasteiger partial charge in [0, 0.05) is 4.88 Å². The van der Waals surface area contributed by atoms with E-state index in [0.717, 1.165) is 4.88 Å². The number of carboxylic acids is 1. The van der Waals surface area contributed by atoms with E-state index in [2.05, 4.69) is 15.4 Å². The van der Waals surface area contributed by atoms with E-state index in [4.69, 9.17) is 5.11 Å². The molecule has 0 fully saturated rings. The molecule has 3 N–H and O–H groups in total. The second kappa shape index (κ2) is 6.38. The number of aromatic carboxylic acids is 1. The number of urea groups is 1. The van der Waals surface area contributed by atoms with Crippen molar-refractivity contribution in [3.05, 3.63) is 16.0 Å². The fourth-order valence-corrected chi connectivity index (χ4v) is 2.59. The first-order valence-corrected chi connectivity index (χ1v) is 6.58. The lowest BCUT2D eigenvalue weighted by atomic mass is 10.1. The Labute approximate surface area is 119 Å². The van der Waals surface area contributed by atoms with Gasteiger partial charge < -0.3 is 15.2 Å². The third-order valence-electron chi connectivity index (χ3n) is 2.73. The van der Waals surface area contributed by atoms with E-state index in [1.54, 1.807) is 13.8 Å².